The predicted octanol–water partition coefficient (Wildman–Crippen LogP) is 4.05. The second-order valence-electron chi connectivity index (χ2n) is 4.62. The molecule has 1 aromatic heterocycles. The van der Waals surface area contributed by atoms with E-state index in [1.807, 2.05) is 13.1 Å². The molecule has 1 heterocycles. The van der Waals surface area contributed by atoms with Crippen LogP contribution in [0.3, 0.4) is 0 Å². The molecule has 0 aliphatic heterocycles. The summed E-state index contributed by atoms with van der Waals surface area (Å²) in [5.41, 5.74) is 3.92. The van der Waals surface area contributed by atoms with Gasteiger partial charge in [-0.2, -0.15) is 0 Å². The van der Waals surface area contributed by atoms with Gasteiger partial charge >= 0.3 is 0 Å². The average molecular weight is 264 g/mol. The number of aryl methyl sites for hydroxylation is 2. The third kappa shape index (κ3) is 2.95. The molecule has 1 aromatic carbocycles. The second kappa shape index (κ2) is 5.59. The molecule has 1 N–H and O–H groups in total. The monoisotopic (exact) mass is 263 g/mol. The first-order valence-electron chi connectivity index (χ1n) is 6.09. The molecule has 0 radical (unpaired) electrons. The van der Waals surface area contributed by atoms with Crippen LogP contribution in [0.25, 0.3) is 0 Å². The fourth-order valence-electron chi connectivity index (χ4n) is 2.10. The summed E-state index contributed by atoms with van der Waals surface area (Å²) < 4.78 is 5.48. The normalized spacial score (nSPS) is 12.7. The molecule has 2 rings (SSSR count). The van der Waals surface area contributed by atoms with Gasteiger partial charge in [-0.15, -0.1) is 0 Å². The number of halogens is 1. The zero-order valence-electron chi connectivity index (χ0n) is 11.0. The van der Waals surface area contributed by atoms with E-state index < -0.39 is 0 Å². The fraction of sp³-hybridized carbons (Fsp3) is 0.333. The molecule has 0 spiro atoms. The SMILES string of the molecule is CNC(Cc1cc(C)ccc1C)c1ccc(Cl)o1. The van der Waals surface area contributed by atoms with Crippen molar-refractivity contribution in [3.63, 3.8) is 0 Å². The molecule has 0 aliphatic carbocycles. The molecule has 0 saturated heterocycles. The van der Waals surface area contributed by atoms with Gasteiger partial charge in [0.1, 0.15) is 5.76 Å². The van der Waals surface area contributed by atoms with Crippen LogP contribution in [0.15, 0.2) is 34.7 Å². The Morgan fingerprint density at radius 2 is 2.00 bits per heavy atom. The first-order valence-corrected chi connectivity index (χ1v) is 6.46. The van der Waals surface area contributed by atoms with Crippen molar-refractivity contribution in [2.24, 2.45) is 0 Å². The van der Waals surface area contributed by atoms with Crippen molar-refractivity contribution in [2.45, 2.75) is 26.3 Å². The molecule has 2 nitrogen and oxygen atoms in total. The summed E-state index contributed by atoms with van der Waals surface area (Å²) in [6.07, 6.45) is 0.897. The zero-order chi connectivity index (χ0) is 13.1. The largest absolute Gasteiger partial charge is 0.448 e. The van der Waals surface area contributed by atoms with Gasteiger partial charge in [0.2, 0.25) is 0 Å². The van der Waals surface area contributed by atoms with Crippen molar-refractivity contribution in [2.75, 3.05) is 7.05 Å². The minimum atomic E-state index is 0.151. The number of likely N-dealkylation sites (N-methyl/N-ethyl adjacent to an activating group) is 1. The lowest BCUT2D eigenvalue weighted by molar-refractivity contribution is 0.430. The average Bonchev–Trinajstić information content (AvgIpc) is 2.77. The molecular weight excluding hydrogens is 246 g/mol. The van der Waals surface area contributed by atoms with Gasteiger partial charge in [-0.05, 0) is 62.2 Å². The van der Waals surface area contributed by atoms with Crippen molar-refractivity contribution in [1.82, 2.24) is 5.32 Å². The maximum Gasteiger partial charge on any atom is 0.193 e. The van der Waals surface area contributed by atoms with E-state index in [-0.39, 0.29) is 6.04 Å². The molecule has 2 aromatic rings. The number of nitrogens with one attached hydrogen (secondary N) is 1. The van der Waals surface area contributed by atoms with E-state index in [0.717, 1.165) is 12.2 Å². The molecule has 1 unspecified atom stereocenters. The fourth-order valence-corrected chi connectivity index (χ4v) is 2.25. The van der Waals surface area contributed by atoms with Crippen LogP contribution < -0.4 is 5.32 Å². The molecule has 3 heteroatoms. The van der Waals surface area contributed by atoms with Gasteiger partial charge in [-0.25, -0.2) is 0 Å². The predicted molar refractivity (Wildman–Crippen MR) is 75.1 cm³/mol. The molecule has 96 valence electrons. The van der Waals surface area contributed by atoms with E-state index in [1.54, 1.807) is 6.07 Å². The Hall–Kier alpha value is -1.25. The summed E-state index contributed by atoms with van der Waals surface area (Å²) in [5, 5.41) is 3.71. The maximum absolute atomic E-state index is 5.83. The number of hydrogen-bond acceptors (Lipinski definition) is 2. The van der Waals surface area contributed by atoms with E-state index >= 15 is 0 Å². The topological polar surface area (TPSA) is 25.2 Å². The summed E-state index contributed by atoms with van der Waals surface area (Å²) in [6.45, 7) is 4.25. The molecule has 18 heavy (non-hydrogen) atoms. The highest BCUT2D eigenvalue weighted by Crippen LogP contribution is 2.24. The molecule has 1 atom stereocenters. The molecule has 0 bridgehead atoms. The summed E-state index contributed by atoms with van der Waals surface area (Å²) in [7, 11) is 1.94. The van der Waals surface area contributed by atoms with Gasteiger partial charge in [0.05, 0.1) is 6.04 Å². The van der Waals surface area contributed by atoms with Crippen LogP contribution in [0, 0.1) is 13.8 Å². The van der Waals surface area contributed by atoms with E-state index in [1.165, 1.54) is 16.7 Å². The zero-order valence-corrected chi connectivity index (χ0v) is 11.7. The van der Waals surface area contributed by atoms with Crippen molar-refractivity contribution in [3.05, 3.63) is 58.0 Å². The number of hydrogen-bond donors (Lipinski definition) is 1. The Labute approximate surface area is 113 Å². The summed E-state index contributed by atoms with van der Waals surface area (Å²) in [6, 6.07) is 10.4. The molecule has 0 amide bonds. The van der Waals surface area contributed by atoms with E-state index in [0.29, 0.717) is 5.22 Å². The maximum atomic E-state index is 5.83. The number of rotatable bonds is 4. The lowest BCUT2D eigenvalue weighted by atomic mass is 9.98. The Morgan fingerprint density at radius 1 is 1.22 bits per heavy atom. The van der Waals surface area contributed by atoms with Crippen LogP contribution in [-0.2, 0) is 6.42 Å². The third-order valence-electron chi connectivity index (χ3n) is 3.21. The van der Waals surface area contributed by atoms with Crippen molar-refractivity contribution >= 4 is 11.6 Å². The van der Waals surface area contributed by atoms with E-state index in [9.17, 15) is 0 Å². The van der Waals surface area contributed by atoms with Gasteiger partial charge < -0.3 is 9.73 Å². The van der Waals surface area contributed by atoms with E-state index in [4.69, 9.17) is 16.0 Å². The minimum Gasteiger partial charge on any atom is -0.448 e. The van der Waals surface area contributed by atoms with E-state index in [2.05, 4.69) is 37.4 Å². The summed E-state index contributed by atoms with van der Waals surface area (Å²) in [5.74, 6) is 0.878. The van der Waals surface area contributed by atoms with Crippen LogP contribution in [0.2, 0.25) is 5.22 Å². The smallest absolute Gasteiger partial charge is 0.193 e. The Balaban J connectivity index is 2.22. The van der Waals surface area contributed by atoms with Crippen LogP contribution in [0.1, 0.15) is 28.5 Å². The molecular formula is C15H18ClNO. The van der Waals surface area contributed by atoms with Gasteiger partial charge in [-0.3, -0.25) is 0 Å². The summed E-state index contributed by atoms with van der Waals surface area (Å²) in [4.78, 5) is 0. The quantitative estimate of drug-likeness (QED) is 0.900. The number of benzene rings is 1. The molecule has 0 saturated carbocycles. The first-order chi connectivity index (χ1) is 8.60. The highest BCUT2D eigenvalue weighted by Gasteiger charge is 2.15. The van der Waals surface area contributed by atoms with Crippen molar-refractivity contribution < 1.29 is 4.42 Å². The highest BCUT2D eigenvalue weighted by atomic mass is 35.5. The van der Waals surface area contributed by atoms with Crippen LogP contribution >= 0.6 is 11.6 Å². The van der Waals surface area contributed by atoms with Crippen LogP contribution in [0.4, 0.5) is 0 Å². The standard InChI is InChI=1S/C15H18ClNO/c1-10-4-5-11(2)12(8-10)9-13(17-3)14-6-7-15(16)18-14/h4-8,13,17H,9H2,1-3H3. The van der Waals surface area contributed by atoms with Crippen LogP contribution in [-0.4, -0.2) is 7.05 Å². The third-order valence-corrected chi connectivity index (χ3v) is 3.42. The second-order valence-corrected chi connectivity index (χ2v) is 4.99. The Morgan fingerprint density at radius 3 is 2.61 bits per heavy atom. The highest BCUT2D eigenvalue weighted by molar-refractivity contribution is 6.28. The van der Waals surface area contributed by atoms with Gasteiger partial charge in [0, 0.05) is 0 Å². The van der Waals surface area contributed by atoms with Crippen molar-refractivity contribution in [1.29, 1.82) is 0 Å². The Kier molecular flexibility index (Phi) is 4.10. The first kappa shape index (κ1) is 13.2. The number of furan rings is 1. The lowest BCUT2D eigenvalue weighted by Gasteiger charge is -2.15. The Bertz CT molecular complexity index is 533. The van der Waals surface area contributed by atoms with Gasteiger partial charge in [0.15, 0.2) is 5.22 Å². The van der Waals surface area contributed by atoms with Gasteiger partial charge in [0.25, 0.3) is 0 Å². The summed E-state index contributed by atoms with van der Waals surface area (Å²) >= 11 is 5.83. The van der Waals surface area contributed by atoms with Gasteiger partial charge in [-0.1, -0.05) is 23.8 Å². The molecule has 0 aliphatic rings. The lowest BCUT2D eigenvalue weighted by Crippen LogP contribution is -2.18. The minimum absolute atomic E-state index is 0.151. The van der Waals surface area contributed by atoms with Crippen LogP contribution in [0.5, 0.6) is 0 Å². The molecule has 0 fully saturated rings. The van der Waals surface area contributed by atoms with Crippen molar-refractivity contribution in [3.8, 4) is 0 Å².